The van der Waals surface area contributed by atoms with Crippen LogP contribution in [0.15, 0.2) is 82.6 Å². The summed E-state index contributed by atoms with van der Waals surface area (Å²) in [6.07, 6.45) is 0.970. The lowest BCUT2D eigenvalue weighted by molar-refractivity contribution is 0.102. The van der Waals surface area contributed by atoms with Crippen molar-refractivity contribution in [3.05, 3.63) is 84.2 Å². The van der Waals surface area contributed by atoms with Crippen molar-refractivity contribution < 1.29 is 26.0 Å². The van der Waals surface area contributed by atoms with Gasteiger partial charge in [0.05, 0.1) is 21.0 Å². The summed E-state index contributed by atoms with van der Waals surface area (Å²) in [5.41, 5.74) is 0.194. The van der Waals surface area contributed by atoms with Crippen LogP contribution < -0.4 is 10.0 Å². The van der Waals surface area contributed by atoms with E-state index in [9.17, 15) is 26.0 Å². The number of amides is 1. The summed E-state index contributed by atoms with van der Waals surface area (Å²) in [5.74, 6) is -1.18. The van der Waals surface area contributed by atoms with Crippen molar-refractivity contribution in [2.24, 2.45) is 0 Å². The molecule has 0 spiro atoms. The van der Waals surface area contributed by atoms with E-state index >= 15 is 0 Å². The number of rotatable bonds is 6. The monoisotopic (exact) mass is 448 g/mol. The summed E-state index contributed by atoms with van der Waals surface area (Å²) in [5, 5.41) is 2.50. The Balaban J connectivity index is 1.91. The predicted octanol–water partition coefficient (Wildman–Crippen LogP) is 3.28. The summed E-state index contributed by atoms with van der Waals surface area (Å²) in [6.45, 7) is 0. The van der Waals surface area contributed by atoms with Gasteiger partial charge in [0.1, 0.15) is 5.82 Å². The molecule has 0 aromatic heterocycles. The lowest BCUT2D eigenvalue weighted by atomic mass is 10.1. The van der Waals surface area contributed by atoms with E-state index in [-0.39, 0.29) is 26.7 Å². The third kappa shape index (κ3) is 5.02. The van der Waals surface area contributed by atoms with Gasteiger partial charge in [0, 0.05) is 11.9 Å². The molecule has 2 N–H and O–H groups in total. The summed E-state index contributed by atoms with van der Waals surface area (Å²) < 4.78 is 64.6. The zero-order chi connectivity index (χ0) is 21.9. The Morgan fingerprint density at radius 1 is 0.833 bits per heavy atom. The molecular formula is C20H17FN2O5S2. The molecule has 0 bridgehead atoms. The zero-order valence-corrected chi connectivity index (χ0v) is 17.3. The summed E-state index contributed by atoms with van der Waals surface area (Å²) in [7, 11) is -7.79. The average molecular weight is 448 g/mol. The molecule has 0 aliphatic heterocycles. The molecule has 0 saturated heterocycles. The average Bonchev–Trinajstić information content (AvgIpc) is 2.67. The van der Waals surface area contributed by atoms with E-state index < -0.39 is 31.6 Å². The Hall–Kier alpha value is -3.24. The Morgan fingerprint density at radius 2 is 1.50 bits per heavy atom. The van der Waals surface area contributed by atoms with Crippen LogP contribution in [0.1, 0.15) is 10.4 Å². The first kappa shape index (κ1) is 21.5. The number of benzene rings is 3. The molecule has 156 valence electrons. The minimum atomic E-state index is -4.19. The van der Waals surface area contributed by atoms with Gasteiger partial charge in [-0.3, -0.25) is 9.52 Å². The molecule has 0 atom stereocenters. The number of anilines is 2. The molecule has 0 unspecified atom stereocenters. The van der Waals surface area contributed by atoms with Crippen LogP contribution in [-0.2, 0) is 19.9 Å². The fraction of sp³-hybridized carbons (Fsp3) is 0.0500. The second kappa shape index (κ2) is 8.25. The molecule has 0 saturated carbocycles. The van der Waals surface area contributed by atoms with Gasteiger partial charge in [-0.2, -0.15) is 0 Å². The highest BCUT2D eigenvalue weighted by atomic mass is 32.2. The molecule has 0 fully saturated rings. The van der Waals surface area contributed by atoms with Crippen molar-refractivity contribution in [2.75, 3.05) is 16.3 Å². The van der Waals surface area contributed by atoms with Gasteiger partial charge in [-0.1, -0.05) is 24.3 Å². The van der Waals surface area contributed by atoms with E-state index in [0.717, 1.165) is 18.4 Å². The lowest BCUT2D eigenvalue weighted by Gasteiger charge is -2.13. The number of halogens is 1. The Bertz CT molecular complexity index is 1320. The zero-order valence-electron chi connectivity index (χ0n) is 15.7. The number of sulfone groups is 1. The van der Waals surface area contributed by atoms with Crippen LogP contribution in [0.4, 0.5) is 15.8 Å². The summed E-state index contributed by atoms with van der Waals surface area (Å²) >= 11 is 0. The second-order valence-corrected chi connectivity index (χ2v) is 10.1. The number of hydrogen-bond acceptors (Lipinski definition) is 5. The minimum Gasteiger partial charge on any atom is -0.322 e. The fourth-order valence-electron chi connectivity index (χ4n) is 2.61. The van der Waals surface area contributed by atoms with E-state index in [1.807, 2.05) is 0 Å². The smallest absolute Gasteiger partial charge is 0.261 e. The highest BCUT2D eigenvalue weighted by Gasteiger charge is 2.20. The molecule has 0 aliphatic carbocycles. The molecular weight excluding hydrogens is 431 g/mol. The largest absolute Gasteiger partial charge is 0.322 e. The van der Waals surface area contributed by atoms with E-state index in [2.05, 4.69) is 10.0 Å². The van der Waals surface area contributed by atoms with E-state index in [1.54, 1.807) is 6.07 Å². The molecule has 3 aromatic rings. The Kier molecular flexibility index (Phi) is 5.90. The Morgan fingerprint density at radius 3 is 2.20 bits per heavy atom. The van der Waals surface area contributed by atoms with E-state index in [1.165, 1.54) is 54.6 Å². The number of sulfonamides is 1. The van der Waals surface area contributed by atoms with Crippen LogP contribution in [-0.4, -0.2) is 29.0 Å². The van der Waals surface area contributed by atoms with Crippen LogP contribution >= 0.6 is 0 Å². The maximum absolute atomic E-state index is 13.3. The number of hydrogen-bond donors (Lipinski definition) is 2. The molecule has 3 aromatic carbocycles. The van der Waals surface area contributed by atoms with Crippen LogP contribution in [0.3, 0.4) is 0 Å². The minimum absolute atomic E-state index is 0.00426. The van der Waals surface area contributed by atoms with Crippen molar-refractivity contribution in [2.45, 2.75) is 9.79 Å². The number of para-hydroxylation sites is 1. The lowest BCUT2D eigenvalue weighted by Crippen LogP contribution is -2.19. The maximum atomic E-state index is 13.3. The molecule has 3 rings (SSSR count). The van der Waals surface area contributed by atoms with Gasteiger partial charge in [0.15, 0.2) is 9.84 Å². The maximum Gasteiger partial charge on any atom is 0.261 e. The van der Waals surface area contributed by atoms with Crippen molar-refractivity contribution in [1.82, 2.24) is 0 Å². The molecule has 30 heavy (non-hydrogen) atoms. The molecule has 7 nitrogen and oxygen atoms in total. The number of carbonyl (C=O) groups is 1. The third-order valence-corrected chi connectivity index (χ3v) is 6.52. The van der Waals surface area contributed by atoms with Gasteiger partial charge < -0.3 is 5.32 Å². The highest BCUT2D eigenvalue weighted by Crippen LogP contribution is 2.23. The van der Waals surface area contributed by atoms with Gasteiger partial charge in [-0.25, -0.2) is 21.2 Å². The molecule has 0 radical (unpaired) electrons. The van der Waals surface area contributed by atoms with Crippen LogP contribution in [0.5, 0.6) is 0 Å². The van der Waals surface area contributed by atoms with Gasteiger partial charge in [-0.15, -0.1) is 0 Å². The summed E-state index contributed by atoms with van der Waals surface area (Å²) in [6, 6.07) is 16.0. The second-order valence-electron chi connectivity index (χ2n) is 6.36. The third-order valence-electron chi connectivity index (χ3n) is 4.04. The fourth-order valence-corrected chi connectivity index (χ4v) is 4.48. The van der Waals surface area contributed by atoms with E-state index in [4.69, 9.17) is 0 Å². The topological polar surface area (TPSA) is 109 Å². The quantitative estimate of drug-likeness (QED) is 0.601. The summed E-state index contributed by atoms with van der Waals surface area (Å²) in [4.78, 5) is 12.2. The first-order valence-corrected chi connectivity index (χ1v) is 11.9. The molecule has 1 amide bonds. The SMILES string of the molecule is CS(=O)(=O)c1cccc(S(=O)(=O)Nc2ccccc2C(=O)Nc2cccc(F)c2)c1. The van der Waals surface area contributed by atoms with Crippen LogP contribution in [0.25, 0.3) is 0 Å². The number of nitrogens with one attached hydrogen (secondary N) is 2. The standard InChI is InChI=1S/C20H17FN2O5S2/c1-29(25,26)16-8-5-9-17(13-16)30(27,28)23-19-11-3-2-10-18(19)20(24)22-15-7-4-6-14(21)12-15/h2-13,23H,1H3,(H,22,24). The normalized spacial score (nSPS) is 11.7. The van der Waals surface area contributed by atoms with Crippen molar-refractivity contribution in [3.63, 3.8) is 0 Å². The van der Waals surface area contributed by atoms with Gasteiger partial charge >= 0.3 is 0 Å². The predicted molar refractivity (Wildman–Crippen MR) is 111 cm³/mol. The van der Waals surface area contributed by atoms with Crippen LogP contribution in [0.2, 0.25) is 0 Å². The van der Waals surface area contributed by atoms with Gasteiger partial charge in [0.2, 0.25) is 0 Å². The van der Waals surface area contributed by atoms with Crippen molar-refractivity contribution in [3.8, 4) is 0 Å². The molecule has 10 heteroatoms. The van der Waals surface area contributed by atoms with Gasteiger partial charge in [-0.05, 0) is 48.5 Å². The number of carbonyl (C=O) groups excluding carboxylic acids is 1. The first-order valence-electron chi connectivity index (χ1n) is 8.55. The Labute approximate surface area is 173 Å². The van der Waals surface area contributed by atoms with E-state index in [0.29, 0.717) is 0 Å². The van der Waals surface area contributed by atoms with Crippen molar-refractivity contribution in [1.29, 1.82) is 0 Å². The van der Waals surface area contributed by atoms with Gasteiger partial charge in [0.25, 0.3) is 15.9 Å². The molecule has 0 heterocycles. The molecule has 0 aliphatic rings. The highest BCUT2D eigenvalue weighted by molar-refractivity contribution is 7.93. The first-order chi connectivity index (χ1) is 14.1. The van der Waals surface area contributed by atoms with Crippen molar-refractivity contribution >= 4 is 37.1 Å². The van der Waals surface area contributed by atoms with Crippen LogP contribution in [0, 0.1) is 5.82 Å².